The number of carbonyl (C=O) groups excluding carboxylic acids is 2. The van der Waals surface area contributed by atoms with Gasteiger partial charge < -0.3 is 19.7 Å². The number of anilines is 1. The van der Waals surface area contributed by atoms with Gasteiger partial charge in [0, 0.05) is 18.4 Å². The van der Waals surface area contributed by atoms with Crippen molar-refractivity contribution in [3.8, 4) is 22.8 Å². The first kappa shape index (κ1) is 22.3. The van der Waals surface area contributed by atoms with E-state index in [1.807, 2.05) is 48.5 Å². The number of ether oxygens (including phenoxy) is 2. The van der Waals surface area contributed by atoms with Gasteiger partial charge in [0.05, 0.1) is 14.2 Å². The Morgan fingerprint density at radius 2 is 1.76 bits per heavy atom. The number of methoxy groups -OCH3 is 2. The minimum Gasteiger partial charge on any atom is -0.497 e. The Bertz CT molecular complexity index is 1150. The lowest BCUT2D eigenvalue weighted by Crippen LogP contribution is -2.50. The standard InChI is InChI=1S/C26H27N3O4/c1-32-21-11-6-9-19(17-21)18-8-5-10-20(16-18)28-24(30)23-13-3-4-15-29(23)26(31)22-12-7-14-27-25(22)33-2/h5-12,14,16-17,23H,3-4,13,15H2,1-2H3,(H,28,30). The fourth-order valence-electron chi connectivity index (χ4n) is 4.12. The second-order valence-electron chi connectivity index (χ2n) is 7.87. The van der Waals surface area contributed by atoms with E-state index in [2.05, 4.69) is 10.3 Å². The highest BCUT2D eigenvalue weighted by molar-refractivity contribution is 6.02. The van der Waals surface area contributed by atoms with Gasteiger partial charge in [-0.05, 0) is 66.8 Å². The minimum absolute atomic E-state index is 0.200. The minimum atomic E-state index is -0.559. The number of hydrogen-bond acceptors (Lipinski definition) is 5. The Labute approximate surface area is 193 Å². The van der Waals surface area contributed by atoms with E-state index in [9.17, 15) is 9.59 Å². The smallest absolute Gasteiger partial charge is 0.260 e. The lowest BCUT2D eigenvalue weighted by atomic mass is 9.99. The summed E-state index contributed by atoms with van der Waals surface area (Å²) >= 11 is 0. The monoisotopic (exact) mass is 445 g/mol. The molecule has 1 aromatic heterocycles. The second kappa shape index (κ2) is 10.2. The van der Waals surface area contributed by atoms with Crippen molar-refractivity contribution in [2.75, 3.05) is 26.1 Å². The van der Waals surface area contributed by atoms with E-state index in [1.54, 1.807) is 30.3 Å². The van der Waals surface area contributed by atoms with Crippen LogP contribution in [0.1, 0.15) is 29.6 Å². The van der Waals surface area contributed by atoms with Crippen LogP contribution in [0.15, 0.2) is 66.9 Å². The summed E-state index contributed by atoms with van der Waals surface area (Å²) < 4.78 is 10.6. The Morgan fingerprint density at radius 3 is 2.55 bits per heavy atom. The molecule has 0 saturated carbocycles. The van der Waals surface area contributed by atoms with Crippen molar-refractivity contribution in [3.63, 3.8) is 0 Å². The van der Waals surface area contributed by atoms with Gasteiger partial charge in [-0.3, -0.25) is 9.59 Å². The lowest BCUT2D eigenvalue weighted by Gasteiger charge is -2.35. The third kappa shape index (κ3) is 4.98. The molecule has 33 heavy (non-hydrogen) atoms. The molecule has 1 aliphatic rings. The molecule has 0 bridgehead atoms. The number of benzene rings is 2. The van der Waals surface area contributed by atoms with Crippen molar-refractivity contribution >= 4 is 17.5 Å². The Kier molecular flexibility index (Phi) is 6.88. The lowest BCUT2D eigenvalue weighted by molar-refractivity contribution is -0.121. The molecule has 1 aliphatic heterocycles. The number of nitrogens with zero attached hydrogens (tertiary/aromatic N) is 2. The maximum atomic E-state index is 13.3. The van der Waals surface area contributed by atoms with Crippen molar-refractivity contribution < 1.29 is 19.1 Å². The number of pyridine rings is 1. The first-order valence-corrected chi connectivity index (χ1v) is 11.0. The van der Waals surface area contributed by atoms with Crippen molar-refractivity contribution in [2.24, 2.45) is 0 Å². The number of piperidine rings is 1. The summed E-state index contributed by atoms with van der Waals surface area (Å²) in [7, 11) is 3.11. The Hall–Kier alpha value is -3.87. The maximum absolute atomic E-state index is 13.3. The van der Waals surface area contributed by atoms with E-state index in [0.717, 1.165) is 29.7 Å². The molecule has 4 rings (SSSR count). The van der Waals surface area contributed by atoms with E-state index >= 15 is 0 Å². The molecule has 2 heterocycles. The topological polar surface area (TPSA) is 80.8 Å². The fourth-order valence-corrected chi connectivity index (χ4v) is 4.12. The van der Waals surface area contributed by atoms with E-state index in [0.29, 0.717) is 24.2 Å². The summed E-state index contributed by atoms with van der Waals surface area (Å²) in [6.45, 7) is 0.513. The van der Waals surface area contributed by atoms with Crippen LogP contribution in [0.4, 0.5) is 5.69 Å². The van der Waals surface area contributed by atoms with E-state index < -0.39 is 6.04 Å². The van der Waals surface area contributed by atoms with Crippen LogP contribution in [0.25, 0.3) is 11.1 Å². The molecule has 1 saturated heterocycles. The van der Waals surface area contributed by atoms with Gasteiger partial charge in [0.1, 0.15) is 17.4 Å². The fraction of sp³-hybridized carbons (Fsp3) is 0.269. The predicted molar refractivity (Wildman–Crippen MR) is 127 cm³/mol. The SMILES string of the molecule is COc1cccc(-c2cccc(NC(=O)C3CCCCN3C(=O)c3cccnc3OC)c2)c1. The zero-order chi connectivity index (χ0) is 23.2. The molecule has 0 radical (unpaired) electrons. The van der Waals surface area contributed by atoms with Crippen LogP contribution in [-0.4, -0.2) is 48.5 Å². The van der Waals surface area contributed by atoms with E-state index in [-0.39, 0.29) is 17.7 Å². The van der Waals surface area contributed by atoms with Crippen LogP contribution < -0.4 is 14.8 Å². The largest absolute Gasteiger partial charge is 0.497 e. The highest BCUT2D eigenvalue weighted by Crippen LogP contribution is 2.27. The van der Waals surface area contributed by atoms with Gasteiger partial charge in [-0.2, -0.15) is 0 Å². The highest BCUT2D eigenvalue weighted by atomic mass is 16.5. The molecule has 1 N–H and O–H groups in total. The molecule has 3 aromatic rings. The van der Waals surface area contributed by atoms with Crippen LogP contribution in [0.5, 0.6) is 11.6 Å². The number of amides is 2. The van der Waals surface area contributed by atoms with E-state index in [4.69, 9.17) is 9.47 Å². The Morgan fingerprint density at radius 1 is 0.970 bits per heavy atom. The van der Waals surface area contributed by atoms with Gasteiger partial charge >= 0.3 is 0 Å². The van der Waals surface area contributed by atoms with Crippen LogP contribution in [0.3, 0.4) is 0 Å². The third-order valence-corrected chi connectivity index (χ3v) is 5.79. The van der Waals surface area contributed by atoms with Gasteiger partial charge in [-0.1, -0.05) is 24.3 Å². The van der Waals surface area contributed by atoms with E-state index in [1.165, 1.54) is 7.11 Å². The molecular formula is C26H27N3O4. The molecule has 0 spiro atoms. The van der Waals surface area contributed by atoms with Gasteiger partial charge in [-0.15, -0.1) is 0 Å². The highest BCUT2D eigenvalue weighted by Gasteiger charge is 2.34. The predicted octanol–water partition coefficient (Wildman–Crippen LogP) is 4.40. The first-order valence-electron chi connectivity index (χ1n) is 11.0. The zero-order valence-electron chi connectivity index (χ0n) is 18.8. The number of hydrogen-bond donors (Lipinski definition) is 1. The number of rotatable bonds is 6. The molecular weight excluding hydrogens is 418 g/mol. The van der Waals surface area contributed by atoms with Crippen molar-refractivity contribution in [1.29, 1.82) is 0 Å². The molecule has 1 unspecified atom stereocenters. The van der Waals surface area contributed by atoms with Crippen molar-refractivity contribution in [3.05, 3.63) is 72.4 Å². The van der Waals surface area contributed by atoms with Crippen molar-refractivity contribution in [1.82, 2.24) is 9.88 Å². The molecule has 0 aliphatic carbocycles. The van der Waals surface area contributed by atoms with Crippen LogP contribution in [0, 0.1) is 0 Å². The van der Waals surface area contributed by atoms with Gasteiger partial charge in [0.2, 0.25) is 11.8 Å². The molecule has 1 fully saturated rings. The first-order chi connectivity index (χ1) is 16.1. The quantitative estimate of drug-likeness (QED) is 0.608. The summed E-state index contributed by atoms with van der Waals surface area (Å²) in [5.74, 6) is 0.584. The summed E-state index contributed by atoms with van der Waals surface area (Å²) in [5, 5.41) is 3.00. The number of aromatic nitrogens is 1. The average molecular weight is 446 g/mol. The Balaban J connectivity index is 1.54. The second-order valence-corrected chi connectivity index (χ2v) is 7.87. The molecule has 170 valence electrons. The average Bonchev–Trinajstić information content (AvgIpc) is 2.88. The van der Waals surface area contributed by atoms with Crippen LogP contribution in [0.2, 0.25) is 0 Å². The number of nitrogens with one attached hydrogen (secondary N) is 1. The molecule has 2 aromatic carbocycles. The van der Waals surface area contributed by atoms with Crippen LogP contribution in [-0.2, 0) is 4.79 Å². The van der Waals surface area contributed by atoms with Crippen molar-refractivity contribution in [2.45, 2.75) is 25.3 Å². The molecule has 7 nitrogen and oxygen atoms in total. The normalized spacial score (nSPS) is 15.6. The molecule has 1 atom stereocenters. The summed E-state index contributed by atoms with van der Waals surface area (Å²) in [4.78, 5) is 32.3. The summed E-state index contributed by atoms with van der Waals surface area (Å²) in [6.07, 6.45) is 3.92. The van der Waals surface area contributed by atoms with Gasteiger partial charge in [0.15, 0.2) is 0 Å². The number of likely N-dealkylation sites (tertiary alicyclic amines) is 1. The molecule has 2 amide bonds. The van der Waals surface area contributed by atoms with Gasteiger partial charge in [0.25, 0.3) is 5.91 Å². The van der Waals surface area contributed by atoms with Gasteiger partial charge in [-0.25, -0.2) is 4.98 Å². The zero-order valence-corrected chi connectivity index (χ0v) is 18.8. The van der Waals surface area contributed by atoms with Crippen LogP contribution >= 0.6 is 0 Å². The molecule has 7 heteroatoms. The number of carbonyl (C=O) groups is 2. The summed E-state index contributed by atoms with van der Waals surface area (Å²) in [5.41, 5.74) is 2.99. The third-order valence-electron chi connectivity index (χ3n) is 5.79. The maximum Gasteiger partial charge on any atom is 0.260 e. The summed E-state index contributed by atoms with van der Waals surface area (Å²) in [6, 6.07) is 18.2.